The van der Waals surface area contributed by atoms with Crippen molar-refractivity contribution in [1.82, 2.24) is 9.55 Å². The largest absolute Gasteiger partial charge is 0.330 e. The van der Waals surface area contributed by atoms with Gasteiger partial charge in [-0.15, -0.1) is 0 Å². The molecule has 4 rings (SSSR count). The zero-order chi connectivity index (χ0) is 21.1. The Morgan fingerprint density at radius 3 is 2.63 bits per heavy atom. The van der Waals surface area contributed by atoms with Gasteiger partial charge < -0.3 is 9.47 Å². The molecule has 0 fully saturated rings. The molecule has 0 saturated heterocycles. The molecule has 0 saturated carbocycles. The summed E-state index contributed by atoms with van der Waals surface area (Å²) < 4.78 is 28.0. The van der Waals surface area contributed by atoms with Gasteiger partial charge in [-0.05, 0) is 37.0 Å². The number of aryl methyl sites for hydroxylation is 1. The van der Waals surface area contributed by atoms with E-state index in [2.05, 4.69) is 4.98 Å². The number of anilines is 1. The predicted molar refractivity (Wildman–Crippen MR) is 117 cm³/mol. The molecule has 3 aromatic rings. The molecule has 1 unspecified atom stereocenters. The Morgan fingerprint density at radius 2 is 1.83 bits per heavy atom. The number of hydrogen-bond donors (Lipinski definition) is 0. The number of imidazole rings is 1. The molecule has 1 aliphatic rings. The maximum absolute atomic E-state index is 13.1. The number of para-hydroxylation sites is 1. The molecule has 2 heterocycles. The van der Waals surface area contributed by atoms with Gasteiger partial charge in [-0.3, -0.25) is 4.79 Å². The van der Waals surface area contributed by atoms with Gasteiger partial charge in [0.2, 0.25) is 5.91 Å². The van der Waals surface area contributed by atoms with Crippen LogP contribution in [0.2, 0.25) is 0 Å². The SMILES string of the molecule is CC(C(=O)N1CCCc2ccccc21)S(=O)(=O)Cc1nccn1Cc1ccccc1. The molecule has 1 aromatic heterocycles. The lowest BCUT2D eigenvalue weighted by Crippen LogP contribution is -2.44. The third-order valence-electron chi connectivity index (χ3n) is 5.59. The van der Waals surface area contributed by atoms with Gasteiger partial charge in [0.25, 0.3) is 0 Å². The third-order valence-corrected chi connectivity index (χ3v) is 7.53. The van der Waals surface area contributed by atoms with Crippen LogP contribution in [-0.2, 0) is 33.4 Å². The van der Waals surface area contributed by atoms with Crippen LogP contribution in [0.4, 0.5) is 5.69 Å². The van der Waals surface area contributed by atoms with Gasteiger partial charge >= 0.3 is 0 Å². The van der Waals surface area contributed by atoms with Gasteiger partial charge in [0, 0.05) is 31.2 Å². The first-order chi connectivity index (χ1) is 14.5. The first kappa shape index (κ1) is 20.3. The Hall–Kier alpha value is -2.93. The molecule has 0 spiro atoms. The highest BCUT2D eigenvalue weighted by atomic mass is 32.2. The Labute approximate surface area is 177 Å². The highest BCUT2D eigenvalue weighted by Gasteiger charge is 2.34. The van der Waals surface area contributed by atoms with Crippen molar-refractivity contribution in [2.24, 2.45) is 0 Å². The zero-order valence-corrected chi connectivity index (χ0v) is 17.8. The summed E-state index contributed by atoms with van der Waals surface area (Å²) in [6.45, 7) is 2.56. The summed E-state index contributed by atoms with van der Waals surface area (Å²) in [6.07, 6.45) is 5.10. The van der Waals surface area contributed by atoms with Crippen molar-refractivity contribution in [3.63, 3.8) is 0 Å². The second-order valence-electron chi connectivity index (χ2n) is 7.63. The quantitative estimate of drug-likeness (QED) is 0.610. The minimum Gasteiger partial charge on any atom is -0.330 e. The molecule has 2 aromatic carbocycles. The predicted octanol–water partition coefficient (Wildman–Crippen LogP) is 3.21. The zero-order valence-electron chi connectivity index (χ0n) is 16.9. The average Bonchev–Trinajstić information content (AvgIpc) is 3.18. The number of sulfone groups is 1. The molecule has 6 nitrogen and oxygen atoms in total. The molecule has 0 aliphatic carbocycles. The van der Waals surface area contributed by atoms with Crippen molar-refractivity contribution >= 4 is 21.4 Å². The van der Waals surface area contributed by atoms with Crippen molar-refractivity contribution in [1.29, 1.82) is 0 Å². The number of benzene rings is 2. The van der Waals surface area contributed by atoms with E-state index in [4.69, 9.17) is 0 Å². The van der Waals surface area contributed by atoms with Crippen LogP contribution in [0.15, 0.2) is 67.0 Å². The number of aromatic nitrogens is 2. The molecule has 7 heteroatoms. The molecule has 0 N–H and O–H groups in total. The van der Waals surface area contributed by atoms with Crippen LogP contribution in [0.25, 0.3) is 0 Å². The Morgan fingerprint density at radius 1 is 1.10 bits per heavy atom. The molecular formula is C23H25N3O3S. The van der Waals surface area contributed by atoms with E-state index in [0.717, 1.165) is 29.7 Å². The third kappa shape index (κ3) is 4.16. The smallest absolute Gasteiger partial charge is 0.245 e. The standard InChI is InChI=1S/C23H25N3O3S/c1-18(23(27)26-14-7-11-20-10-5-6-12-21(20)26)30(28,29)17-22-24-13-15-25(22)16-19-8-3-2-4-9-19/h2-6,8-10,12-13,15,18H,7,11,14,16-17H2,1H3. The summed E-state index contributed by atoms with van der Waals surface area (Å²) in [6, 6.07) is 17.5. The van der Waals surface area contributed by atoms with E-state index in [1.165, 1.54) is 6.92 Å². The van der Waals surface area contributed by atoms with Crippen molar-refractivity contribution in [2.75, 3.05) is 11.4 Å². The Kier molecular flexibility index (Phi) is 5.72. The van der Waals surface area contributed by atoms with Gasteiger partial charge in [0.15, 0.2) is 9.84 Å². The number of hydrogen-bond acceptors (Lipinski definition) is 4. The molecule has 1 atom stereocenters. The first-order valence-corrected chi connectivity index (χ1v) is 11.8. The molecule has 0 radical (unpaired) electrons. The minimum atomic E-state index is -3.72. The summed E-state index contributed by atoms with van der Waals surface area (Å²) in [5.74, 6) is -0.198. The van der Waals surface area contributed by atoms with E-state index in [1.54, 1.807) is 17.3 Å². The molecule has 30 heavy (non-hydrogen) atoms. The minimum absolute atomic E-state index is 0.269. The van der Waals surface area contributed by atoms with Gasteiger partial charge in [-0.2, -0.15) is 0 Å². The number of nitrogens with zero attached hydrogens (tertiary/aromatic N) is 3. The highest BCUT2D eigenvalue weighted by Crippen LogP contribution is 2.28. The number of carbonyl (C=O) groups excluding carboxylic acids is 1. The maximum Gasteiger partial charge on any atom is 0.245 e. The van der Waals surface area contributed by atoms with Crippen LogP contribution >= 0.6 is 0 Å². The van der Waals surface area contributed by atoms with E-state index < -0.39 is 15.1 Å². The topological polar surface area (TPSA) is 72.3 Å². The summed E-state index contributed by atoms with van der Waals surface area (Å²) in [4.78, 5) is 19.0. The van der Waals surface area contributed by atoms with Crippen molar-refractivity contribution in [3.8, 4) is 0 Å². The van der Waals surface area contributed by atoms with Crippen molar-refractivity contribution in [3.05, 3.63) is 83.9 Å². The van der Waals surface area contributed by atoms with E-state index in [1.807, 2.05) is 59.2 Å². The summed E-state index contributed by atoms with van der Waals surface area (Å²) in [5, 5.41) is -1.13. The monoisotopic (exact) mass is 423 g/mol. The Balaban J connectivity index is 1.52. The molecule has 0 bridgehead atoms. The molecule has 1 aliphatic heterocycles. The van der Waals surface area contributed by atoms with Crippen LogP contribution < -0.4 is 4.90 Å². The summed E-state index contributed by atoms with van der Waals surface area (Å²) in [5.41, 5.74) is 2.96. The van der Waals surface area contributed by atoms with Gasteiger partial charge in [0.1, 0.15) is 16.8 Å². The fourth-order valence-electron chi connectivity index (χ4n) is 3.84. The number of rotatable bonds is 6. The van der Waals surface area contributed by atoms with Crippen LogP contribution in [0.5, 0.6) is 0 Å². The normalized spacial score (nSPS) is 14.9. The van der Waals surface area contributed by atoms with Crippen LogP contribution in [0.1, 0.15) is 30.3 Å². The van der Waals surface area contributed by atoms with Gasteiger partial charge in [-0.1, -0.05) is 48.5 Å². The fraction of sp³-hybridized carbons (Fsp3) is 0.304. The average molecular weight is 424 g/mol. The first-order valence-electron chi connectivity index (χ1n) is 10.1. The number of amides is 1. The van der Waals surface area contributed by atoms with Crippen molar-refractivity contribution in [2.45, 2.75) is 37.3 Å². The molecule has 1 amide bonds. The molecule has 156 valence electrons. The van der Waals surface area contributed by atoms with E-state index in [-0.39, 0.29) is 11.7 Å². The lowest BCUT2D eigenvalue weighted by molar-refractivity contribution is -0.118. The van der Waals surface area contributed by atoms with Crippen molar-refractivity contribution < 1.29 is 13.2 Å². The highest BCUT2D eigenvalue weighted by molar-refractivity contribution is 7.92. The van der Waals surface area contributed by atoms with E-state index >= 15 is 0 Å². The maximum atomic E-state index is 13.1. The summed E-state index contributed by atoms with van der Waals surface area (Å²) in [7, 11) is -3.72. The number of fused-ring (bicyclic) bond motifs is 1. The van der Waals surface area contributed by atoms with Crippen LogP contribution in [0.3, 0.4) is 0 Å². The molecular weight excluding hydrogens is 398 g/mol. The van der Waals surface area contributed by atoms with Crippen LogP contribution in [0, 0.1) is 0 Å². The second kappa shape index (κ2) is 8.44. The van der Waals surface area contributed by atoms with Gasteiger partial charge in [-0.25, -0.2) is 13.4 Å². The lowest BCUT2D eigenvalue weighted by atomic mass is 10.0. The van der Waals surface area contributed by atoms with Crippen LogP contribution in [-0.4, -0.2) is 35.7 Å². The lowest BCUT2D eigenvalue weighted by Gasteiger charge is -2.31. The fourth-order valence-corrected chi connectivity index (χ4v) is 5.13. The van der Waals surface area contributed by atoms with E-state index in [0.29, 0.717) is 18.9 Å². The Bertz CT molecular complexity index is 1140. The second-order valence-corrected chi connectivity index (χ2v) is 9.95. The van der Waals surface area contributed by atoms with E-state index in [9.17, 15) is 13.2 Å². The van der Waals surface area contributed by atoms with Gasteiger partial charge in [0.05, 0.1) is 0 Å². The summed E-state index contributed by atoms with van der Waals surface area (Å²) >= 11 is 0. The number of carbonyl (C=O) groups is 1.